The molecule has 1 rings (SSSR count). The number of rotatable bonds is 3. The molecule has 0 aromatic heterocycles. The fraction of sp³-hybridized carbons (Fsp3) is 0.111. The minimum Gasteiger partial charge on any atom is -0.507 e. The Balaban J connectivity index is 2.68. The molecule has 1 aromatic carbocycles. The average Bonchev–Trinajstić information content (AvgIpc) is 2.08. The standard InChI is InChI=1S/C9H11N3O/c10-9(11)6-12-5-7-3-1-2-4-8(7)13/h1-5,13H,6H2,(H3,10,11). The highest BCUT2D eigenvalue weighted by Crippen LogP contribution is 2.12. The van der Waals surface area contributed by atoms with Crippen molar-refractivity contribution in [3.63, 3.8) is 0 Å². The van der Waals surface area contributed by atoms with Crippen LogP contribution < -0.4 is 5.73 Å². The summed E-state index contributed by atoms with van der Waals surface area (Å²) in [5.74, 6) is 0.182. The van der Waals surface area contributed by atoms with Crippen molar-refractivity contribution in [3.05, 3.63) is 29.8 Å². The second kappa shape index (κ2) is 4.25. The molecule has 13 heavy (non-hydrogen) atoms. The maximum absolute atomic E-state index is 9.30. The third kappa shape index (κ3) is 2.94. The highest BCUT2D eigenvalue weighted by molar-refractivity contribution is 5.86. The van der Waals surface area contributed by atoms with Crippen LogP contribution in [0.15, 0.2) is 29.3 Å². The average molecular weight is 177 g/mol. The van der Waals surface area contributed by atoms with Crippen molar-refractivity contribution in [1.82, 2.24) is 0 Å². The fourth-order valence-electron chi connectivity index (χ4n) is 0.839. The first-order valence-corrected chi connectivity index (χ1v) is 3.81. The van der Waals surface area contributed by atoms with Gasteiger partial charge in [0.1, 0.15) is 11.6 Å². The summed E-state index contributed by atoms with van der Waals surface area (Å²) in [4.78, 5) is 3.87. The summed E-state index contributed by atoms with van der Waals surface area (Å²) in [6.07, 6.45) is 1.50. The van der Waals surface area contributed by atoms with Gasteiger partial charge in [0.2, 0.25) is 0 Å². The Labute approximate surface area is 76.2 Å². The monoisotopic (exact) mass is 177 g/mol. The van der Waals surface area contributed by atoms with Crippen LogP contribution in [0, 0.1) is 5.41 Å². The van der Waals surface area contributed by atoms with Crippen LogP contribution in [0.5, 0.6) is 5.75 Å². The lowest BCUT2D eigenvalue weighted by Crippen LogP contribution is -2.12. The summed E-state index contributed by atoms with van der Waals surface area (Å²) in [6, 6.07) is 6.85. The van der Waals surface area contributed by atoms with E-state index in [2.05, 4.69) is 4.99 Å². The Hall–Kier alpha value is -1.84. The van der Waals surface area contributed by atoms with Gasteiger partial charge in [-0.15, -0.1) is 0 Å². The highest BCUT2D eigenvalue weighted by atomic mass is 16.3. The number of nitrogens with zero attached hydrogens (tertiary/aromatic N) is 1. The zero-order valence-corrected chi connectivity index (χ0v) is 7.07. The molecular weight excluding hydrogens is 166 g/mol. The normalized spacial score (nSPS) is 10.5. The zero-order valence-electron chi connectivity index (χ0n) is 7.07. The molecule has 0 saturated carbocycles. The number of hydrogen-bond donors (Lipinski definition) is 3. The summed E-state index contributed by atoms with van der Waals surface area (Å²) >= 11 is 0. The maximum atomic E-state index is 9.30. The Morgan fingerprint density at radius 2 is 2.23 bits per heavy atom. The number of phenols is 1. The van der Waals surface area contributed by atoms with Crippen LogP contribution in [-0.4, -0.2) is 23.7 Å². The molecule has 0 radical (unpaired) electrons. The molecular formula is C9H11N3O. The van der Waals surface area contributed by atoms with Crippen molar-refractivity contribution in [2.24, 2.45) is 10.7 Å². The molecule has 68 valence electrons. The fourth-order valence-corrected chi connectivity index (χ4v) is 0.839. The summed E-state index contributed by atoms with van der Waals surface area (Å²) in [5, 5.41) is 16.2. The molecule has 0 aliphatic heterocycles. The minimum atomic E-state index is 0.00618. The largest absolute Gasteiger partial charge is 0.507 e. The van der Waals surface area contributed by atoms with Crippen LogP contribution in [0.25, 0.3) is 0 Å². The van der Waals surface area contributed by atoms with Crippen molar-refractivity contribution in [2.45, 2.75) is 0 Å². The third-order valence-corrected chi connectivity index (χ3v) is 1.43. The number of phenolic OH excluding ortho intramolecular Hbond substituents is 1. The second-order valence-corrected chi connectivity index (χ2v) is 2.55. The van der Waals surface area contributed by atoms with Gasteiger partial charge in [0.05, 0.1) is 6.54 Å². The minimum absolute atomic E-state index is 0.00618. The van der Waals surface area contributed by atoms with Gasteiger partial charge in [-0.2, -0.15) is 0 Å². The lowest BCUT2D eigenvalue weighted by Gasteiger charge is -1.96. The van der Waals surface area contributed by atoms with Crippen LogP contribution in [0.3, 0.4) is 0 Å². The second-order valence-electron chi connectivity index (χ2n) is 2.55. The van der Waals surface area contributed by atoms with Crippen molar-refractivity contribution in [1.29, 1.82) is 5.41 Å². The maximum Gasteiger partial charge on any atom is 0.124 e. The summed E-state index contributed by atoms with van der Waals surface area (Å²) in [5.41, 5.74) is 5.73. The van der Waals surface area contributed by atoms with E-state index in [1.165, 1.54) is 6.21 Å². The van der Waals surface area contributed by atoms with Crippen molar-refractivity contribution >= 4 is 12.1 Å². The van der Waals surface area contributed by atoms with E-state index in [-0.39, 0.29) is 18.1 Å². The Morgan fingerprint density at radius 1 is 1.54 bits per heavy atom. The van der Waals surface area contributed by atoms with Gasteiger partial charge in [-0.3, -0.25) is 10.4 Å². The number of amidine groups is 1. The lowest BCUT2D eigenvalue weighted by molar-refractivity contribution is 0.474. The van der Waals surface area contributed by atoms with E-state index in [0.29, 0.717) is 5.56 Å². The first-order valence-electron chi connectivity index (χ1n) is 3.81. The van der Waals surface area contributed by atoms with Gasteiger partial charge in [-0.05, 0) is 12.1 Å². The van der Waals surface area contributed by atoms with Crippen LogP contribution in [0.2, 0.25) is 0 Å². The molecule has 4 heteroatoms. The SMILES string of the molecule is N=C(N)CN=Cc1ccccc1O. The Kier molecular flexibility index (Phi) is 3.03. The molecule has 0 aliphatic rings. The number of para-hydroxylation sites is 1. The van der Waals surface area contributed by atoms with E-state index in [9.17, 15) is 5.11 Å². The van der Waals surface area contributed by atoms with E-state index in [1.54, 1.807) is 24.3 Å². The topological polar surface area (TPSA) is 82.5 Å². The molecule has 1 aromatic rings. The first-order chi connectivity index (χ1) is 6.20. The lowest BCUT2D eigenvalue weighted by atomic mass is 10.2. The van der Waals surface area contributed by atoms with Gasteiger partial charge in [0, 0.05) is 11.8 Å². The number of nitrogens with two attached hydrogens (primary N) is 1. The van der Waals surface area contributed by atoms with Crippen molar-refractivity contribution in [3.8, 4) is 5.75 Å². The summed E-state index contributed by atoms with van der Waals surface area (Å²) in [6.45, 7) is 0.161. The molecule has 0 aliphatic carbocycles. The van der Waals surface area contributed by atoms with Crippen LogP contribution in [0.4, 0.5) is 0 Å². The third-order valence-electron chi connectivity index (χ3n) is 1.43. The van der Waals surface area contributed by atoms with Gasteiger partial charge in [0.15, 0.2) is 0 Å². The van der Waals surface area contributed by atoms with E-state index in [1.807, 2.05) is 0 Å². The van der Waals surface area contributed by atoms with Gasteiger partial charge in [-0.1, -0.05) is 12.1 Å². The first kappa shape index (κ1) is 9.25. The predicted molar refractivity (Wildman–Crippen MR) is 52.5 cm³/mol. The Morgan fingerprint density at radius 3 is 2.85 bits per heavy atom. The molecule has 0 unspecified atom stereocenters. The van der Waals surface area contributed by atoms with E-state index in [0.717, 1.165) is 0 Å². The molecule has 0 bridgehead atoms. The van der Waals surface area contributed by atoms with Crippen LogP contribution in [0.1, 0.15) is 5.56 Å². The highest BCUT2D eigenvalue weighted by Gasteiger charge is 1.93. The number of hydrogen-bond acceptors (Lipinski definition) is 3. The van der Waals surface area contributed by atoms with Gasteiger partial charge in [0.25, 0.3) is 0 Å². The van der Waals surface area contributed by atoms with Gasteiger partial charge < -0.3 is 10.8 Å². The Bertz CT molecular complexity index is 333. The molecule has 0 amide bonds. The number of aliphatic imine (C=N–C) groups is 1. The van der Waals surface area contributed by atoms with E-state index in [4.69, 9.17) is 11.1 Å². The van der Waals surface area contributed by atoms with Crippen molar-refractivity contribution in [2.75, 3.05) is 6.54 Å². The molecule has 0 saturated heterocycles. The molecule has 4 N–H and O–H groups in total. The van der Waals surface area contributed by atoms with Gasteiger partial charge >= 0.3 is 0 Å². The number of aromatic hydroxyl groups is 1. The summed E-state index contributed by atoms with van der Waals surface area (Å²) in [7, 11) is 0. The predicted octanol–water partition coefficient (Wildman–Crippen LogP) is 0.747. The summed E-state index contributed by atoms with van der Waals surface area (Å²) < 4.78 is 0. The number of benzene rings is 1. The zero-order chi connectivity index (χ0) is 9.68. The smallest absolute Gasteiger partial charge is 0.124 e. The van der Waals surface area contributed by atoms with Crippen LogP contribution >= 0.6 is 0 Å². The quantitative estimate of drug-likeness (QED) is 0.470. The molecule has 0 atom stereocenters. The van der Waals surface area contributed by atoms with E-state index < -0.39 is 0 Å². The number of nitrogens with one attached hydrogen (secondary N) is 1. The van der Waals surface area contributed by atoms with E-state index >= 15 is 0 Å². The molecule has 0 heterocycles. The van der Waals surface area contributed by atoms with Crippen LogP contribution in [-0.2, 0) is 0 Å². The molecule has 0 fully saturated rings. The molecule has 4 nitrogen and oxygen atoms in total. The van der Waals surface area contributed by atoms with Crippen molar-refractivity contribution < 1.29 is 5.11 Å². The molecule has 0 spiro atoms. The van der Waals surface area contributed by atoms with Gasteiger partial charge in [-0.25, -0.2) is 0 Å².